The van der Waals surface area contributed by atoms with Gasteiger partial charge in [-0.15, -0.1) is 0 Å². The Morgan fingerprint density at radius 1 is 0.757 bits per heavy atom. The van der Waals surface area contributed by atoms with Crippen molar-refractivity contribution in [1.82, 2.24) is 5.32 Å². The summed E-state index contributed by atoms with van der Waals surface area (Å²) in [6.07, 6.45) is 6.14. The quantitative estimate of drug-likeness (QED) is 0.0630. The number of hydrogen-bond acceptors (Lipinski definition) is 17. The summed E-state index contributed by atoms with van der Waals surface area (Å²) in [7, 11) is -17.6. The average molecular weight is 1050 g/mol. The molecule has 24 heteroatoms. The summed E-state index contributed by atoms with van der Waals surface area (Å²) < 4.78 is 161. The molecule has 2 aliphatic heterocycles. The summed E-state index contributed by atoms with van der Waals surface area (Å²) in [5, 5.41) is 12.3. The average Bonchev–Trinajstić information content (AvgIpc) is 3.62. The normalized spacial score (nSPS) is 17.8. The lowest BCUT2D eigenvalue weighted by Gasteiger charge is -2.31. The largest absolute Gasteiger partial charge is 0.748 e. The summed E-state index contributed by atoms with van der Waals surface area (Å²) in [5.74, 6) is -2.44. The summed E-state index contributed by atoms with van der Waals surface area (Å²) in [6, 6.07) is 9.95. The lowest BCUT2D eigenvalue weighted by molar-refractivity contribution is -0.438. The standard InChI is InChI=1S/C46H55N3O17S4/c1-45(2)39(48(20-8-6-7-13-41(50)51)36-17-15-32-34(42(36)45)26-30(69(59,60)61)28-38(32)70(62,63)64)11-9-12-40-46(3,18-10-24-67(53,54)55)43-33-25-29(68(56,57)58)27-35(44(52)47-19-22-65-4)31(33)14-16-37(43)49(40)21-23-66-5/h9,11-12,14-17,25-28H,6-8,10,13,18-24H2,1-5H3,(H5-,47,50,51,52,53,54,55,56,57,58,59,60,61,62,63,64)/p-3. The Balaban J connectivity index is 1.61. The van der Waals surface area contributed by atoms with E-state index in [-0.39, 0.29) is 79.2 Å². The van der Waals surface area contributed by atoms with Crippen LogP contribution in [0.5, 0.6) is 0 Å². The van der Waals surface area contributed by atoms with Crippen molar-refractivity contribution in [2.45, 2.75) is 84.8 Å². The first kappa shape index (κ1) is 54.2. The lowest BCUT2D eigenvalue weighted by Crippen LogP contribution is -2.31. The third-order valence-corrected chi connectivity index (χ3v) is 16.0. The van der Waals surface area contributed by atoms with Gasteiger partial charge >= 0.3 is 5.97 Å². The number of hydrogen-bond donors (Lipinski definition) is 2. The van der Waals surface area contributed by atoms with Crippen molar-refractivity contribution in [3.05, 3.63) is 89.1 Å². The number of aliphatic carboxylic acids is 1. The summed E-state index contributed by atoms with van der Waals surface area (Å²) in [5.41, 5.74) is 0.308. The fraction of sp³-hybridized carbons (Fsp3) is 0.413. The first-order valence-corrected chi connectivity index (χ1v) is 27.7. The zero-order valence-corrected chi connectivity index (χ0v) is 42.1. The molecule has 0 bridgehead atoms. The van der Waals surface area contributed by atoms with Gasteiger partial charge in [-0.1, -0.05) is 12.1 Å². The van der Waals surface area contributed by atoms with Crippen molar-refractivity contribution in [2.75, 3.05) is 57.7 Å². The number of rotatable bonds is 22. The number of carbonyl (C=O) groups is 2. The molecule has 0 radical (unpaired) electrons. The van der Waals surface area contributed by atoms with E-state index in [0.717, 1.165) is 18.2 Å². The van der Waals surface area contributed by atoms with E-state index < -0.39 is 83.6 Å². The van der Waals surface area contributed by atoms with Crippen molar-refractivity contribution in [3.63, 3.8) is 0 Å². The second-order valence-electron chi connectivity index (χ2n) is 17.7. The van der Waals surface area contributed by atoms with E-state index in [4.69, 9.17) is 9.47 Å². The molecule has 0 saturated heterocycles. The van der Waals surface area contributed by atoms with Gasteiger partial charge in [-0.25, -0.2) is 33.7 Å². The van der Waals surface area contributed by atoms with E-state index in [1.807, 2.05) is 9.48 Å². The molecule has 380 valence electrons. The molecular formula is C46H52N3O17S4-3. The second kappa shape index (κ2) is 20.5. The highest BCUT2D eigenvalue weighted by atomic mass is 32.2. The van der Waals surface area contributed by atoms with Crippen LogP contribution in [0.2, 0.25) is 0 Å². The van der Waals surface area contributed by atoms with E-state index >= 15 is 0 Å². The maximum atomic E-state index is 13.6. The minimum absolute atomic E-state index is 0.0162. The van der Waals surface area contributed by atoms with Crippen molar-refractivity contribution < 1.29 is 80.6 Å². The van der Waals surface area contributed by atoms with Crippen molar-refractivity contribution in [3.8, 4) is 0 Å². The van der Waals surface area contributed by atoms with E-state index in [0.29, 0.717) is 59.2 Å². The fourth-order valence-electron chi connectivity index (χ4n) is 9.69. The molecule has 0 aromatic heterocycles. The Labute approximate surface area is 406 Å². The Kier molecular flexibility index (Phi) is 15.9. The van der Waals surface area contributed by atoms with Gasteiger partial charge in [0.15, 0.2) is 5.71 Å². The van der Waals surface area contributed by atoms with E-state index in [1.165, 1.54) is 20.3 Å². The molecule has 2 N–H and O–H groups in total. The van der Waals surface area contributed by atoms with Crippen LogP contribution in [-0.4, -0.2) is 132 Å². The molecule has 2 aliphatic rings. The first-order valence-electron chi connectivity index (χ1n) is 21.9. The van der Waals surface area contributed by atoms with Crippen LogP contribution >= 0.6 is 0 Å². The van der Waals surface area contributed by atoms with Gasteiger partial charge in [-0.3, -0.25) is 9.59 Å². The summed E-state index contributed by atoms with van der Waals surface area (Å²) in [4.78, 5) is 24.3. The second-order valence-corrected chi connectivity index (χ2v) is 23.4. The number of carboxylic acids is 1. The minimum Gasteiger partial charge on any atom is -0.748 e. The Morgan fingerprint density at radius 3 is 1.99 bits per heavy atom. The van der Waals surface area contributed by atoms with Crippen LogP contribution in [-0.2, 0) is 65.6 Å². The van der Waals surface area contributed by atoms with Crippen LogP contribution in [0.1, 0.15) is 80.8 Å². The maximum Gasteiger partial charge on any atom is 0.303 e. The number of fused-ring (bicyclic) bond motifs is 6. The number of anilines is 1. The molecule has 0 aliphatic carbocycles. The number of amides is 1. The number of methoxy groups -OCH3 is 2. The minimum atomic E-state index is -5.32. The molecule has 0 spiro atoms. The van der Waals surface area contributed by atoms with Crippen LogP contribution < -0.4 is 10.2 Å². The Hall–Kier alpha value is -5.15. The van der Waals surface area contributed by atoms with E-state index in [9.17, 15) is 66.6 Å². The van der Waals surface area contributed by atoms with Crippen LogP contribution in [0, 0.1) is 0 Å². The molecule has 1 unspecified atom stereocenters. The van der Waals surface area contributed by atoms with Gasteiger partial charge < -0.3 is 43.0 Å². The monoisotopic (exact) mass is 1050 g/mol. The number of nitrogens with zero attached hydrogens (tertiary/aromatic N) is 2. The van der Waals surface area contributed by atoms with Crippen LogP contribution in [0.4, 0.5) is 11.4 Å². The lowest BCUT2D eigenvalue weighted by atomic mass is 9.75. The highest BCUT2D eigenvalue weighted by Crippen LogP contribution is 2.54. The van der Waals surface area contributed by atoms with Gasteiger partial charge in [0.05, 0.1) is 43.4 Å². The van der Waals surface area contributed by atoms with Gasteiger partial charge in [-0.2, -0.15) is 4.58 Å². The number of unbranched alkanes of at least 4 members (excludes halogenated alkanes) is 2. The highest BCUT2D eigenvalue weighted by molar-refractivity contribution is 7.87. The van der Waals surface area contributed by atoms with Gasteiger partial charge in [0.1, 0.15) is 36.9 Å². The van der Waals surface area contributed by atoms with Crippen molar-refractivity contribution in [2.24, 2.45) is 0 Å². The molecule has 0 fully saturated rings. The zero-order valence-electron chi connectivity index (χ0n) is 38.8. The Morgan fingerprint density at radius 2 is 1.39 bits per heavy atom. The zero-order chi connectivity index (χ0) is 51.8. The van der Waals surface area contributed by atoms with Gasteiger partial charge in [0.2, 0.25) is 5.69 Å². The third-order valence-electron chi connectivity index (χ3n) is 12.7. The predicted octanol–water partition coefficient (Wildman–Crippen LogP) is 4.29. The maximum absolute atomic E-state index is 13.6. The van der Waals surface area contributed by atoms with Crippen LogP contribution in [0.3, 0.4) is 0 Å². The first-order chi connectivity index (χ1) is 32.6. The van der Waals surface area contributed by atoms with E-state index in [1.54, 1.807) is 57.2 Å². The van der Waals surface area contributed by atoms with Crippen molar-refractivity contribution >= 4 is 91.0 Å². The fourth-order valence-corrected chi connectivity index (χ4v) is 12.0. The third kappa shape index (κ3) is 11.3. The molecule has 20 nitrogen and oxygen atoms in total. The molecule has 4 aromatic carbocycles. The molecule has 6 rings (SSSR count). The van der Waals surface area contributed by atoms with Crippen LogP contribution in [0.15, 0.2) is 87.1 Å². The van der Waals surface area contributed by atoms with Crippen LogP contribution in [0.25, 0.3) is 21.5 Å². The predicted molar refractivity (Wildman–Crippen MR) is 253 cm³/mol. The number of benzene rings is 4. The number of carboxylic acid groups (broad SMARTS) is 1. The highest BCUT2D eigenvalue weighted by Gasteiger charge is 2.47. The summed E-state index contributed by atoms with van der Waals surface area (Å²) in [6.45, 7) is 6.05. The SMILES string of the molecule is COCCNC(=O)c1cc(S(=O)(=O)[O-])cc2c3c(ccc12)N(CCOC)/C(=C/C=C/C1=[N+](CCCCCC(=O)O)c2ccc4c(S(=O)(=O)[O-])cc(S(=O)(=O)[O-])cc4c2C1(C)C)C3(C)CCCS(=O)(=O)[O-]. The number of ether oxygens (including phenoxy) is 2. The molecule has 2 heterocycles. The molecule has 1 atom stereocenters. The Bertz CT molecular complexity index is 3330. The van der Waals surface area contributed by atoms with Gasteiger partial charge in [-0.05, 0) is 111 Å². The van der Waals surface area contributed by atoms with Crippen molar-refractivity contribution in [1.29, 1.82) is 0 Å². The number of nitrogens with one attached hydrogen (secondary N) is 1. The molecule has 4 aromatic rings. The van der Waals surface area contributed by atoms with E-state index in [2.05, 4.69) is 5.32 Å². The number of carbonyl (C=O) groups excluding carboxylic acids is 1. The smallest absolute Gasteiger partial charge is 0.303 e. The molecule has 1 amide bonds. The molecular weight excluding hydrogens is 995 g/mol. The topological polar surface area (TPSA) is 320 Å². The number of allylic oxidation sites excluding steroid dienone is 4. The van der Waals surface area contributed by atoms with Gasteiger partial charge in [0, 0.05) is 91.4 Å². The molecule has 70 heavy (non-hydrogen) atoms. The summed E-state index contributed by atoms with van der Waals surface area (Å²) >= 11 is 0. The molecule has 0 saturated carbocycles. The van der Waals surface area contributed by atoms with Gasteiger partial charge in [0.25, 0.3) is 5.91 Å².